The van der Waals surface area contributed by atoms with Crippen molar-refractivity contribution in [2.45, 2.75) is 6.92 Å². The monoisotopic (exact) mass is 257 g/mol. The van der Waals surface area contributed by atoms with E-state index in [-0.39, 0.29) is 5.91 Å². The van der Waals surface area contributed by atoms with Gasteiger partial charge in [0.2, 0.25) is 0 Å². The molecule has 0 saturated heterocycles. The standard InChI is InChI=1S/C14H15N3O2/c1-9-7-10(5-6-16-9)12-4-3-11(14(18)17-15)8-13(12)19-2/h3-8H,15H2,1-2H3,(H,17,18). The van der Waals surface area contributed by atoms with Gasteiger partial charge >= 0.3 is 0 Å². The van der Waals surface area contributed by atoms with Crippen LogP contribution in [-0.4, -0.2) is 18.0 Å². The quantitative estimate of drug-likeness (QED) is 0.498. The Morgan fingerprint density at radius 2 is 2.11 bits per heavy atom. The number of ether oxygens (including phenoxy) is 1. The van der Waals surface area contributed by atoms with Crippen molar-refractivity contribution < 1.29 is 9.53 Å². The molecule has 2 rings (SSSR count). The molecule has 0 aliphatic rings. The van der Waals surface area contributed by atoms with Gasteiger partial charge in [0.05, 0.1) is 7.11 Å². The van der Waals surface area contributed by atoms with Crippen LogP contribution in [0, 0.1) is 6.92 Å². The third kappa shape index (κ3) is 2.71. The molecule has 0 unspecified atom stereocenters. The average Bonchev–Trinajstić information content (AvgIpc) is 2.45. The second kappa shape index (κ2) is 5.49. The normalized spacial score (nSPS) is 10.1. The number of nitrogen functional groups attached to an aromatic ring is 1. The van der Waals surface area contributed by atoms with Crippen molar-refractivity contribution >= 4 is 5.91 Å². The predicted octanol–water partition coefficient (Wildman–Crippen LogP) is 1.67. The highest BCUT2D eigenvalue weighted by Gasteiger charge is 2.10. The van der Waals surface area contributed by atoms with E-state index in [4.69, 9.17) is 10.6 Å². The lowest BCUT2D eigenvalue weighted by atomic mass is 10.0. The molecular formula is C14H15N3O2. The van der Waals surface area contributed by atoms with Crippen LogP contribution < -0.4 is 16.0 Å². The molecule has 1 amide bonds. The number of amides is 1. The first-order valence-corrected chi connectivity index (χ1v) is 5.77. The van der Waals surface area contributed by atoms with Crippen LogP contribution in [-0.2, 0) is 0 Å². The van der Waals surface area contributed by atoms with E-state index in [1.807, 2.05) is 25.1 Å². The van der Waals surface area contributed by atoms with Gasteiger partial charge in [-0.25, -0.2) is 5.84 Å². The lowest BCUT2D eigenvalue weighted by molar-refractivity contribution is 0.0953. The molecule has 0 aliphatic carbocycles. The summed E-state index contributed by atoms with van der Waals surface area (Å²) in [4.78, 5) is 15.6. The summed E-state index contributed by atoms with van der Waals surface area (Å²) in [5, 5.41) is 0. The first-order chi connectivity index (χ1) is 9.15. The van der Waals surface area contributed by atoms with Crippen LogP contribution in [0.4, 0.5) is 0 Å². The van der Waals surface area contributed by atoms with Gasteiger partial charge in [-0.2, -0.15) is 0 Å². The molecule has 0 saturated carbocycles. The SMILES string of the molecule is COc1cc(C(=O)NN)ccc1-c1ccnc(C)c1. The summed E-state index contributed by atoms with van der Waals surface area (Å²) in [5.41, 5.74) is 5.36. The summed E-state index contributed by atoms with van der Waals surface area (Å²) >= 11 is 0. The molecule has 5 heteroatoms. The fourth-order valence-electron chi connectivity index (χ4n) is 1.87. The van der Waals surface area contributed by atoms with Gasteiger partial charge in [0.25, 0.3) is 5.91 Å². The highest BCUT2D eigenvalue weighted by Crippen LogP contribution is 2.30. The van der Waals surface area contributed by atoms with Crippen LogP contribution in [0.3, 0.4) is 0 Å². The van der Waals surface area contributed by atoms with Gasteiger partial charge in [0.1, 0.15) is 5.75 Å². The minimum Gasteiger partial charge on any atom is -0.496 e. The predicted molar refractivity (Wildman–Crippen MR) is 72.6 cm³/mol. The molecule has 1 heterocycles. The smallest absolute Gasteiger partial charge is 0.265 e. The molecule has 2 aromatic rings. The molecule has 5 nitrogen and oxygen atoms in total. The number of methoxy groups -OCH3 is 1. The van der Waals surface area contributed by atoms with Gasteiger partial charge in [-0.15, -0.1) is 0 Å². The second-order valence-electron chi connectivity index (χ2n) is 4.07. The van der Waals surface area contributed by atoms with Gasteiger partial charge in [-0.05, 0) is 42.8 Å². The van der Waals surface area contributed by atoms with Crippen molar-refractivity contribution in [1.29, 1.82) is 0 Å². The number of benzene rings is 1. The van der Waals surface area contributed by atoms with Crippen molar-refractivity contribution in [3.05, 3.63) is 47.8 Å². The largest absolute Gasteiger partial charge is 0.496 e. The molecule has 0 fully saturated rings. The third-order valence-electron chi connectivity index (χ3n) is 2.80. The highest BCUT2D eigenvalue weighted by molar-refractivity contribution is 5.95. The Labute approximate surface area is 111 Å². The van der Waals surface area contributed by atoms with Gasteiger partial charge in [0, 0.05) is 23.0 Å². The van der Waals surface area contributed by atoms with E-state index in [9.17, 15) is 4.79 Å². The third-order valence-corrected chi connectivity index (χ3v) is 2.80. The second-order valence-corrected chi connectivity index (χ2v) is 4.07. The van der Waals surface area contributed by atoms with Crippen molar-refractivity contribution in [2.24, 2.45) is 5.84 Å². The van der Waals surface area contributed by atoms with E-state index in [0.717, 1.165) is 16.8 Å². The maximum absolute atomic E-state index is 11.5. The van der Waals surface area contributed by atoms with Crippen LogP contribution in [0.5, 0.6) is 5.75 Å². The molecule has 1 aromatic heterocycles. The maximum Gasteiger partial charge on any atom is 0.265 e. The van der Waals surface area contributed by atoms with Crippen molar-refractivity contribution in [3.63, 3.8) is 0 Å². The number of nitrogens with one attached hydrogen (secondary N) is 1. The number of pyridine rings is 1. The minimum absolute atomic E-state index is 0.351. The summed E-state index contributed by atoms with van der Waals surface area (Å²) in [5.74, 6) is 5.38. The van der Waals surface area contributed by atoms with E-state index in [2.05, 4.69) is 10.4 Å². The van der Waals surface area contributed by atoms with Crippen LogP contribution in [0.25, 0.3) is 11.1 Å². The number of carbonyl (C=O) groups is 1. The first-order valence-electron chi connectivity index (χ1n) is 5.77. The molecule has 0 spiro atoms. The summed E-state index contributed by atoms with van der Waals surface area (Å²) in [7, 11) is 1.57. The summed E-state index contributed by atoms with van der Waals surface area (Å²) in [6, 6.07) is 9.05. The number of aryl methyl sites for hydroxylation is 1. The number of hydrogen-bond acceptors (Lipinski definition) is 4. The summed E-state index contributed by atoms with van der Waals surface area (Å²) in [6.07, 6.45) is 1.74. The number of nitrogens with two attached hydrogens (primary N) is 1. The molecule has 98 valence electrons. The Kier molecular flexibility index (Phi) is 3.77. The Hall–Kier alpha value is -2.40. The molecular weight excluding hydrogens is 242 g/mol. The summed E-state index contributed by atoms with van der Waals surface area (Å²) in [6.45, 7) is 1.92. The molecule has 0 radical (unpaired) electrons. The van der Waals surface area contributed by atoms with Crippen LogP contribution >= 0.6 is 0 Å². The van der Waals surface area contributed by atoms with Gasteiger partial charge in [0.15, 0.2) is 0 Å². The van der Waals surface area contributed by atoms with E-state index in [1.165, 1.54) is 0 Å². The molecule has 0 aliphatic heterocycles. The van der Waals surface area contributed by atoms with E-state index < -0.39 is 0 Å². The van der Waals surface area contributed by atoms with Crippen LogP contribution in [0.1, 0.15) is 16.1 Å². The number of nitrogens with zero attached hydrogens (tertiary/aromatic N) is 1. The Morgan fingerprint density at radius 1 is 1.32 bits per heavy atom. The zero-order valence-electron chi connectivity index (χ0n) is 10.8. The molecule has 1 aromatic carbocycles. The van der Waals surface area contributed by atoms with Gasteiger partial charge in [-0.3, -0.25) is 15.2 Å². The van der Waals surface area contributed by atoms with Crippen LogP contribution in [0.15, 0.2) is 36.5 Å². The average molecular weight is 257 g/mol. The van der Waals surface area contributed by atoms with E-state index in [0.29, 0.717) is 11.3 Å². The Morgan fingerprint density at radius 3 is 2.74 bits per heavy atom. The molecule has 3 N–H and O–H groups in total. The zero-order valence-corrected chi connectivity index (χ0v) is 10.8. The molecule has 0 bridgehead atoms. The number of rotatable bonds is 3. The first kappa shape index (κ1) is 13.0. The summed E-state index contributed by atoms with van der Waals surface area (Å²) < 4.78 is 5.33. The number of hydrazine groups is 1. The topological polar surface area (TPSA) is 77.2 Å². The lowest BCUT2D eigenvalue weighted by Gasteiger charge is -2.10. The number of carbonyl (C=O) groups excluding carboxylic acids is 1. The highest BCUT2D eigenvalue weighted by atomic mass is 16.5. The number of aromatic nitrogens is 1. The Bertz CT molecular complexity index is 611. The van der Waals surface area contributed by atoms with Crippen molar-refractivity contribution in [3.8, 4) is 16.9 Å². The van der Waals surface area contributed by atoms with Crippen molar-refractivity contribution in [1.82, 2.24) is 10.4 Å². The van der Waals surface area contributed by atoms with Gasteiger partial charge < -0.3 is 4.74 Å². The minimum atomic E-state index is -0.351. The zero-order chi connectivity index (χ0) is 13.8. The van der Waals surface area contributed by atoms with Crippen LogP contribution in [0.2, 0.25) is 0 Å². The maximum atomic E-state index is 11.5. The fourth-order valence-corrected chi connectivity index (χ4v) is 1.87. The molecule has 0 atom stereocenters. The Balaban J connectivity index is 2.50. The van der Waals surface area contributed by atoms with E-state index in [1.54, 1.807) is 25.4 Å². The lowest BCUT2D eigenvalue weighted by Crippen LogP contribution is -2.29. The van der Waals surface area contributed by atoms with E-state index >= 15 is 0 Å². The fraction of sp³-hybridized carbons (Fsp3) is 0.143. The van der Waals surface area contributed by atoms with Crippen molar-refractivity contribution in [2.75, 3.05) is 7.11 Å². The van der Waals surface area contributed by atoms with Gasteiger partial charge in [-0.1, -0.05) is 0 Å². The molecule has 19 heavy (non-hydrogen) atoms. The number of hydrogen-bond donors (Lipinski definition) is 2.